The second kappa shape index (κ2) is 6.62. The van der Waals surface area contributed by atoms with E-state index >= 15 is 0 Å². The molecule has 1 heterocycles. The van der Waals surface area contributed by atoms with Crippen molar-refractivity contribution in [3.63, 3.8) is 0 Å². The minimum Gasteiger partial charge on any atom is -0.486 e. The van der Waals surface area contributed by atoms with Crippen LogP contribution in [0.2, 0.25) is 10.0 Å². The monoisotopic (exact) mass is 403 g/mol. The Hall–Kier alpha value is -2.16. The normalized spacial score (nSPS) is 13.4. The van der Waals surface area contributed by atoms with E-state index < -0.39 is 16.0 Å². The maximum atomic E-state index is 12.6. The fourth-order valence-corrected chi connectivity index (χ4v) is 4.04. The second-order valence-electron chi connectivity index (χ2n) is 5.03. The molecule has 0 spiro atoms. The molecule has 0 radical (unpaired) electrons. The number of sulfonamides is 1. The van der Waals surface area contributed by atoms with Crippen LogP contribution in [-0.2, 0) is 10.0 Å². The minimum atomic E-state index is -4.18. The predicted octanol–water partition coefficient (Wildman–Crippen LogP) is 3.26. The summed E-state index contributed by atoms with van der Waals surface area (Å²) in [6, 6.07) is 6.21. The number of benzene rings is 2. The molecule has 0 saturated heterocycles. The molecule has 1 aliphatic rings. The number of ether oxygens (including phenoxy) is 2. The number of carbonyl (C=O) groups is 1. The first-order chi connectivity index (χ1) is 11.8. The number of fused-ring (bicyclic) bond motifs is 1. The molecule has 0 atom stereocenters. The summed E-state index contributed by atoms with van der Waals surface area (Å²) >= 11 is 12.0. The van der Waals surface area contributed by atoms with Gasteiger partial charge in [-0.2, -0.15) is 0 Å². The van der Waals surface area contributed by atoms with Crippen LogP contribution in [0.15, 0.2) is 35.2 Å². The van der Waals surface area contributed by atoms with Crippen LogP contribution in [0.5, 0.6) is 11.5 Å². The highest BCUT2D eigenvalue weighted by Gasteiger charge is 2.23. The van der Waals surface area contributed by atoms with Crippen LogP contribution in [0.4, 0.5) is 5.69 Å². The van der Waals surface area contributed by atoms with Crippen molar-refractivity contribution in [2.45, 2.75) is 4.90 Å². The second-order valence-corrected chi connectivity index (χ2v) is 7.50. The van der Waals surface area contributed by atoms with Crippen LogP contribution in [0.1, 0.15) is 10.4 Å². The summed E-state index contributed by atoms with van der Waals surface area (Å²) < 4.78 is 38.2. The number of rotatable bonds is 4. The number of hydrogen-bond acceptors (Lipinski definition) is 5. The molecule has 2 aromatic carbocycles. The molecular formula is C15H11Cl2NO6S. The van der Waals surface area contributed by atoms with Crippen LogP contribution in [-0.4, -0.2) is 32.7 Å². The first-order valence-corrected chi connectivity index (χ1v) is 9.16. The van der Waals surface area contributed by atoms with Crippen molar-refractivity contribution >= 4 is 44.9 Å². The van der Waals surface area contributed by atoms with Crippen LogP contribution in [0.3, 0.4) is 0 Å². The zero-order valence-corrected chi connectivity index (χ0v) is 14.8. The number of carboxylic acid groups (broad SMARTS) is 1. The molecule has 132 valence electrons. The highest BCUT2D eigenvalue weighted by atomic mass is 35.5. The largest absolute Gasteiger partial charge is 0.486 e. The molecule has 0 bridgehead atoms. The Morgan fingerprint density at radius 3 is 2.32 bits per heavy atom. The van der Waals surface area contributed by atoms with E-state index in [1.807, 2.05) is 0 Å². The first kappa shape index (κ1) is 17.7. The lowest BCUT2D eigenvalue weighted by Crippen LogP contribution is -2.17. The summed E-state index contributed by atoms with van der Waals surface area (Å²) in [5.41, 5.74) is -0.152. The van der Waals surface area contributed by atoms with E-state index in [4.69, 9.17) is 37.8 Å². The van der Waals surface area contributed by atoms with Crippen molar-refractivity contribution < 1.29 is 27.8 Å². The molecule has 1 aliphatic heterocycles. The van der Waals surface area contributed by atoms with Gasteiger partial charge in [0, 0.05) is 12.1 Å². The number of hydrogen-bond donors (Lipinski definition) is 2. The molecule has 2 N–H and O–H groups in total. The van der Waals surface area contributed by atoms with Crippen LogP contribution in [0.25, 0.3) is 0 Å². The Labute approximate surface area is 153 Å². The SMILES string of the molecule is O=C(O)c1ccc(Cl)c(S(=O)(=O)Nc2cc3c(cc2Cl)OCCO3)c1. The third-order valence-corrected chi connectivity index (χ3v) is 5.50. The molecule has 0 fully saturated rings. The highest BCUT2D eigenvalue weighted by molar-refractivity contribution is 7.92. The molecule has 0 aromatic heterocycles. The maximum Gasteiger partial charge on any atom is 0.335 e. The van der Waals surface area contributed by atoms with Gasteiger partial charge in [0.2, 0.25) is 0 Å². The quantitative estimate of drug-likeness (QED) is 0.811. The number of aromatic carboxylic acids is 1. The molecule has 10 heteroatoms. The average molecular weight is 404 g/mol. The van der Waals surface area contributed by atoms with E-state index in [1.54, 1.807) is 0 Å². The lowest BCUT2D eigenvalue weighted by atomic mass is 10.2. The third kappa shape index (κ3) is 3.60. The molecule has 2 aromatic rings. The maximum absolute atomic E-state index is 12.6. The molecule has 0 saturated carbocycles. The van der Waals surface area contributed by atoms with E-state index in [2.05, 4.69) is 4.72 Å². The summed E-state index contributed by atoms with van der Waals surface area (Å²) in [4.78, 5) is 10.7. The van der Waals surface area contributed by atoms with Crippen molar-refractivity contribution in [1.82, 2.24) is 0 Å². The summed E-state index contributed by atoms with van der Waals surface area (Å²) in [6.45, 7) is 0.694. The Balaban J connectivity index is 2.00. The lowest BCUT2D eigenvalue weighted by molar-refractivity contribution is 0.0696. The fourth-order valence-electron chi connectivity index (χ4n) is 2.18. The Kier molecular flexibility index (Phi) is 4.68. The van der Waals surface area contributed by atoms with Gasteiger partial charge in [0.1, 0.15) is 18.1 Å². The van der Waals surface area contributed by atoms with E-state index in [-0.39, 0.29) is 26.2 Å². The van der Waals surface area contributed by atoms with Gasteiger partial charge in [-0.3, -0.25) is 4.72 Å². The van der Waals surface area contributed by atoms with Crippen molar-refractivity contribution in [2.24, 2.45) is 0 Å². The minimum absolute atomic E-state index is 0.0581. The first-order valence-electron chi connectivity index (χ1n) is 6.93. The van der Waals surface area contributed by atoms with Crippen molar-refractivity contribution in [3.8, 4) is 11.5 Å². The summed E-state index contributed by atoms with van der Waals surface area (Å²) in [5.74, 6) is -0.519. The Bertz CT molecular complexity index is 961. The number of anilines is 1. The number of carboxylic acids is 1. The van der Waals surface area contributed by atoms with Crippen LogP contribution in [0, 0.1) is 0 Å². The van der Waals surface area contributed by atoms with Gasteiger partial charge in [0.15, 0.2) is 11.5 Å². The van der Waals surface area contributed by atoms with E-state index in [9.17, 15) is 13.2 Å². The van der Waals surface area contributed by atoms with Crippen LogP contribution < -0.4 is 14.2 Å². The lowest BCUT2D eigenvalue weighted by Gasteiger charge is -2.20. The zero-order valence-electron chi connectivity index (χ0n) is 12.5. The Morgan fingerprint density at radius 2 is 1.68 bits per heavy atom. The van der Waals surface area contributed by atoms with Crippen LogP contribution >= 0.6 is 23.2 Å². The third-order valence-electron chi connectivity index (χ3n) is 3.34. The smallest absolute Gasteiger partial charge is 0.335 e. The zero-order chi connectivity index (χ0) is 18.2. The average Bonchev–Trinajstić information content (AvgIpc) is 2.55. The van der Waals surface area contributed by atoms with Gasteiger partial charge in [-0.05, 0) is 18.2 Å². The molecule has 7 nitrogen and oxygen atoms in total. The number of halogens is 2. The standard InChI is InChI=1S/C15H11Cl2NO6S/c16-9-2-1-8(15(19)20)5-14(9)25(21,22)18-11-7-13-12(6-10(11)17)23-3-4-24-13/h1-2,5-7,18H,3-4H2,(H,19,20). The van der Waals surface area contributed by atoms with Crippen molar-refractivity contribution in [1.29, 1.82) is 0 Å². The summed E-state index contributed by atoms with van der Waals surface area (Å²) in [6.07, 6.45) is 0. The summed E-state index contributed by atoms with van der Waals surface area (Å²) in [7, 11) is -4.18. The van der Waals surface area contributed by atoms with E-state index in [1.165, 1.54) is 24.3 Å². The molecule has 0 amide bonds. The summed E-state index contributed by atoms with van der Waals surface area (Å²) in [5, 5.41) is 9.00. The topological polar surface area (TPSA) is 102 Å². The number of nitrogens with one attached hydrogen (secondary N) is 1. The predicted molar refractivity (Wildman–Crippen MR) is 91.7 cm³/mol. The van der Waals surface area contributed by atoms with E-state index in [0.717, 1.165) is 6.07 Å². The van der Waals surface area contributed by atoms with E-state index in [0.29, 0.717) is 24.7 Å². The van der Waals surface area contributed by atoms with Gasteiger partial charge in [-0.15, -0.1) is 0 Å². The van der Waals surface area contributed by atoms with Gasteiger partial charge in [0.25, 0.3) is 10.0 Å². The van der Waals surface area contributed by atoms with Gasteiger partial charge < -0.3 is 14.6 Å². The Morgan fingerprint density at radius 1 is 1.04 bits per heavy atom. The molecule has 0 aliphatic carbocycles. The van der Waals surface area contributed by atoms with Gasteiger partial charge in [-0.25, -0.2) is 13.2 Å². The highest BCUT2D eigenvalue weighted by Crippen LogP contribution is 2.39. The molecule has 25 heavy (non-hydrogen) atoms. The fraction of sp³-hybridized carbons (Fsp3) is 0.133. The van der Waals surface area contributed by atoms with Crippen molar-refractivity contribution in [3.05, 3.63) is 45.9 Å². The molecular weight excluding hydrogens is 393 g/mol. The van der Waals surface area contributed by atoms with Gasteiger partial charge >= 0.3 is 5.97 Å². The molecule has 0 unspecified atom stereocenters. The van der Waals surface area contributed by atoms with Crippen molar-refractivity contribution in [2.75, 3.05) is 17.9 Å². The van der Waals surface area contributed by atoms with Gasteiger partial charge in [0.05, 0.1) is 21.3 Å². The molecule has 3 rings (SSSR count). The van der Waals surface area contributed by atoms with Gasteiger partial charge in [-0.1, -0.05) is 23.2 Å².